The number of nitrogens with two attached hydrogens (primary N) is 1. The highest BCUT2D eigenvalue weighted by molar-refractivity contribution is 7.89. The molecule has 112 valence electrons. The van der Waals surface area contributed by atoms with Crippen LogP contribution >= 0.6 is 0 Å². The monoisotopic (exact) mass is 298 g/mol. The fraction of sp³-hybridized carbons (Fsp3) is 0.571. The van der Waals surface area contributed by atoms with E-state index >= 15 is 0 Å². The molecule has 0 aliphatic carbocycles. The van der Waals surface area contributed by atoms with Crippen molar-refractivity contribution in [3.8, 4) is 0 Å². The van der Waals surface area contributed by atoms with Gasteiger partial charge in [0.25, 0.3) is 0 Å². The van der Waals surface area contributed by atoms with Gasteiger partial charge in [-0.15, -0.1) is 0 Å². The van der Waals surface area contributed by atoms with Crippen molar-refractivity contribution in [2.45, 2.75) is 31.2 Å². The number of rotatable bonds is 5. The van der Waals surface area contributed by atoms with Crippen molar-refractivity contribution < 1.29 is 13.2 Å². The van der Waals surface area contributed by atoms with Crippen LogP contribution in [0.15, 0.2) is 23.1 Å². The van der Waals surface area contributed by atoms with E-state index in [2.05, 4.69) is 4.72 Å². The Labute approximate surface area is 120 Å². The molecule has 1 fully saturated rings. The summed E-state index contributed by atoms with van der Waals surface area (Å²) in [4.78, 5) is 0.305. The quantitative estimate of drug-likeness (QED) is 0.854. The minimum atomic E-state index is -3.44. The fourth-order valence-electron chi connectivity index (χ4n) is 2.33. The minimum absolute atomic E-state index is 0.305. The van der Waals surface area contributed by atoms with Gasteiger partial charge in [-0.25, -0.2) is 13.1 Å². The molecule has 0 bridgehead atoms. The first-order chi connectivity index (χ1) is 9.53. The smallest absolute Gasteiger partial charge is 0.240 e. The average Bonchev–Trinajstić information content (AvgIpc) is 2.46. The van der Waals surface area contributed by atoms with E-state index < -0.39 is 10.0 Å². The number of ether oxygens (including phenoxy) is 1. The van der Waals surface area contributed by atoms with Crippen molar-refractivity contribution in [2.75, 3.05) is 19.8 Å². The van der Waals surface area contributed by atoms with Crippen LogP contribution in [0.3, 0.4) is 0 Å². The maximum absolute atomic E-state index is 12.3. The average molecular weight is 298 g/mol. The second-order valence-electron chi connectivity index (χ2n) is 5.20. The van der Waals surface area contributed by atoms with Crippen LogP contribution in [0.2, 0.25) is 0 Å². The number of nitrogens with one attached hydrogen (secondary N) is 1. The van der Waals surface area contributed by atoms with E-state index in [0.29, 0.717) is 23.9 Å². The van der Waals surface area contributed by atoms with Crippen LogP contribution in [0.4, 0.5) is 0 Å². The summed E-state index contributed by atoms with van der Waals surface area (Å²) >= 11 is 0. The maximum Gasteiger partial charge on any atom is 0.240 e. The van der Waals surface area contributed by atoms with Crippen LogP contribution in [-0.4, -0.2) is 28.2 Å². The second kappa shape index (κ2) is 6.67. The third-order valence-corrected chi connectivity index (χ3v) is 5.17. The van der Waals surface area contributed by atoms with Gasteiger partial charge in [-0.05, 0) is 48.9 Å². The molecule has 6 heteroatoms. The summed E-state index contributed by atoms with van der Waals surface area (Å²) < 4.78 is 32.5. The summed E-state index contributed by atoms with van der Waals surface area (Å²) in [5.41, 5.74) is 7.46. The Bertz CT molecular complexity index is 552. The Balaban J connectivity index is 2.04. The molecular weight excluding hydrogens is 276 g/mol. The fourth-order valence-corrected chi connectivity index (χ4v) is 3.53. The largest absolute Gasteiger partial charge is 0.381 e. The molecule has 1 saturated heterocycles. The molecule has 0 saturated carbocycles. The van der Waals surface area contributed by atoms with E-state index in [0.717, 1.165) is 37.2 Å². The Morgan fingerprint density at radius 1 is 1.35 bits per heavy atom. The Hall–Kier alpha value is -0.950. The molecule has 0 radical (unpaired) electrons. The summed E-state index contributed by atoms with van der Waals surface area (Å²) in [7, 11) is -3.44. The lowest BCUT2D eigenvalue weighted by molar-refractivity contribution is 0.0678. The van der Waals surface area contributed by atoms with E-state index in [1.54, 1.807) is 18.2 Å². The lowest BCUT2D eigenvalue weighted by atomic mass is 10.0. The highest BCUT2D eigenvalue weighted by atomic mass is 32.2. The second-order valence-corrected chi connectivity index (χ2v) is 6.97. The Morgan fingerprint density at radius 3 is 2.65 bits per heavy atom. The van der Waals surface area contributed by atoms with Gasteiger partial charge in [-0.1, -0.05) is 6.07 Å². The van der Waals surface area contributed by atoms with Gasteiger partial charge in [0.2, 0.25) is 10.0 Å². The maximum atomic E-state index is 12.3. The van der Waals surface area contributed by atoms with Crippen LogP contribution in [0, 0.1) is 12.8 Å². The van der Waals surface area contributed by atoms with Gasteiger partial charge in [-0.3, -0.25) is 0 Å². The van der Waals surface area contributed by atoms with Crippen LogP contribution < -0.4 is 10.5 Å². The lowest BCUT2D eigenvalue weighted by Gasteiger charge is -2.22. The van der Waals surface area contributed by atoms with Gasteiger partial charge >= 0.3 is 0 Å². The van der Waals surface area contributed by atoms with Crippen molar-refractivity contribution >= 4 is 10.0 Å². The van der Waals surface area contributed by atoms with E-state index in [9.17, 15) is 8.42 Å². The van der Waals surface area contributed by atoms with Crippen LogP contribution in [-0.2, 0) is 21.3 Å². The molecule has 1 aliphatic rings. The van der Waals surface area contributed by atoms with Crippen LogP contribution in [0.5, 0.6) is 0 Å². The summed E-state index contributed by atoms with van der Waals surface area (Å²) in [5, 5.41) is 0. The number of hydrogen-bond acceptors (Lipinski definition) is 4. The standard InChI is InChI=1S/C14H22N2O3S/c1-11-8-14(3-2-13(11)9-15)20(17,18)16-10-12-4-6-19-7-5-12/h2-3,8,12,16H,4-7,9-10,15H2,1H3. The molecule has 2 rings (SSSR count). The molecule has 0 amide bonds. The molecule has 0 spiro atoms. The first kappa shape index (κ1) is 15.4. The molecule has 3 N–H and O–H groups in total. The zero-order chi connectivity index (χ0) is 14.6. The van der Waals surface area contributed by atoms with E-state index in [4.69, 9.17) is 10.5 Å². The summed E-state index contributed by atoms with van der Waals surface area (Å²) in [6, 6.07) is 5.06. The number of aryl methyl sites for hydroxylation is 1. The molecule has 1 aromatic rings. The summed E-state index contributed by atoms with van der Waals surface area (Å²) in [5.74, 6) is 0.364. The molecule has 1 heterocycles. The molecule has 20 heavy (non-hydrogen) atoms. The third-order valence-electron chi connectivity index (χ3n) is 3.75. The zero-order valence-electron chi connectivity index (χ0n) is 11.8. The normalized spacial score (nSPS) is 17.3. The number of sulfonamides is 1. The van der Waals surface area contributed by atoms with Crippen LogP contribution in [0.25, 0.3) is 0 Å². The molecule has 1 aliphatic heterocycles. The van der Waals surface area contributed by atoms with Gasteiger partial charge in [0.15, 0.2) is 0 Å². The van der Waals surface area contributed by atoms with Crippen molar-refractivity contribution in [3.63, 3.8) is 0 Å². The Kier molecular flexibility index (Phi) is 5.15. The third kappa shape index (κ3) is 3.79. The molecular formula is C14H22N2O3S. The number of benzene rings is 1. The first-order valence-electron chi connectivity index (χ1n) is 6.90. The van der Waals surface area contributed by atoms with Crippen molar-refractivity contribution in [2.24, 2.45) is 11.7 Å². The molecule has 1 aromatic carbocycles. The van der Waals surface area contributed by atoms with Crippen molar-refractivity contribution in [3.05, 3.63) is 29.3 Å². The van der Waals surface area contributed by atoms with Crippen LogP contribution in [0.1, 0.15) is 24.0 Å². The first-order valence-corrected chi connectivity index (χ1v) is 8.38. The summed E-state index contributed by atoms with van der Waals surface area (Å²) in [6.45, 7) is 4.21. The van der Waals surface area contributed by atoms with Gasteiger partial charge in [0.05, 0.1) is 4.90 Å². The minimum Gasteiger partial charge on any atom is -0.381 e. The molecule has 0 atom stereocenters. The van der Waals surface area contributed by atoms with Gasteiger partial charge in [0, 0.05) is 26.3 Å². The number of hydrogen-bond donors (Lipinski definition) is 2. The van der Waals surface area contributed by atoms with Crippen molar-refractivity contribution in [1.29, 1.82) is 0 Å². The van der Waals surface area contributed by atoms with Gasteiger partial charge < -0.3 is 10.5 Å². The predicted molar refractivity (Wildman–Crippen MR) is 77.8 cm³/mol. The van der Waals surface area contributed by atoms with E-state index in [-0.39, 0.29) is 0 Å². The van der Waals surface area contributed by atoms with Gasteiger partial charge in [0.1, 0.15) is 0 Å². The molecule has 0 aromatic heterocycles. The summed E-state index contributed by atoms with van der Waals surface area (Å²) in [6.07, 6.45) is 1.82. The van der Waals surface area contributed by atoms with E-state index in [1.165, 1.54) is 0 Å². The highest BCUT2D eigenvalue weighted by Gasteiger charge is 2.19. The molecule has 5 nitrogen and oxygen atoms in total. The topological polar surface area (TPSA) is 81.4 Å². The SMILES string of the molecule is Cc1cc(S(=O)(=O)NCC2CCOCC2)ccc1CN. The van der Waals surface area contributed by atoms with E-state index in [1.807, 2.05) is 6.92 Å². The molecule has 0 unspecified atom stereocenters. The Morgan fingerprint density at radius 2 is 2.05 bits per heavy atom. The predicted octanol–water partition coefficient (Wildman–Crippen LogP) is 1.16. The van der Waals surface area contributed by atoms with Crippen molar-refractivity contribution in [1.82, 2.24) is 4.72 Å². The van der Waals surface area contributed by atoms with Gasteiger partial charge in [-0.2, -0.15) is 0 Å². The zero-order valence-corrected chi connectivity index (χ0v) is 12.6. The highest BCUT2D eigenvalue weighted by Crippen LogP contribution is 2.17. The lowest BCUT2D eigenvalue weighted by Crippen LogP contribution is -2.32.